The maximum absolute atomic E-state index is 12.6. The first-order valence-electron chi connectivity index (χ1n) is 6.91. The van der Waals surface area contributed by atoms with E-state index >= 15 is 0 Å². The Hall–Kier alpha value is -0.660. The zero-order valence-corrected chi connectivity index (χ0v) is 13.9. The summed E-state index contributed by atoms with van der Waals surface area (Å²) in [6.45, 7) is 3.58. The molecule has 0 radical (unpaired) electrons. The van der Waals surface area contributed by atoms with E-state index in [9.17, 15) is 8.42 Å². The third-order valence-electron chi connectivity index (χ3n) is 3.67. The van der Waals surface area contributed by atoms with Crippen LogP contribution < -0.4 is 10.0 Å². The molecule has 2 N–H and O–H groups in total. The van der Waals surface area contributed by atoms with Gasteiger partial charge in [0.15, 0.2) is 0 Å². The molecule has 2 rings (SSSR count). The van der Waals surface area contributed by atoms with E-state index in [0.717, 1.165) is 5.56 Å². The van der Waals surface area contributed by atoms with E-state index in [4.69, 9.17) is 16.3 Å². The predicted molar refractivity (Wildman–Crippen MR) is 83.0 cm³/mol. The fraction of sp³-hybridized carbons (Fsp3) is 0.571. The molecule has 0 amide bonds. The molecule has 1 aliphatic heterocycles. The van der Waals surface area contributed by atoms with Gasteiger partial charge in [-0.15, -0.1) is 0 Å². The standard InChI is InChI=1S/C14H21ClN2O3S/c1-14(5-7-20-8-6-14)17-21(18,19)12-3-4-13(15)11(9-12)10-16-2/h3-4,9,16-17H,5-8,10H2,1-2H3. The van der Waals surface area contributed by atoms with Gasteiger partial charge in [-0.1, -0.05) is 11.6 Å². The normalized spacial score (nSPS) is 18.6. The van der Waals surface area contributed by atoms with Gasteiger partial charge in [0.2, 0.25) is 10.0 Å². The van der Waals surface area contributed by atoms with Crippen molar-refractivity contribution in [3.8, 4) is 0 Å². The molecule has 5 nitrogen and oxygen atoms in total. The van der Waals surface area contributed by atoms with Crippen LogP contribution in [-0.2, 0) is 21.3 Å². The van der Waals surface area contributed by atoms with Crippen molar-refractivity contribution < 1.29 is 13.2 Å². The number of hydrogen-bond acceptors (Lipinski definition) is 4. The van der Waals surface area contributed by atoms with Gasteiger partial charge in [-0.25, -0.2) is 13.1 Å². The van der Waals surface area contributed by atoms with E-state index in [0.29, 0.717) is 37.6 Å². The van der Waals surface area contributed by atoms with Gasteiger partial charge in [0, 0.05) is 30.3 Å². The van der Waals surface area contributed by atoms with Crippen LogP contribution in [-0.4, -0.2) is 34.2 Å². The topological polar surface area (TPSA) is 67.4 Å². The van der Waals surface area contributed by atoms with Crippen molar-refractivity contribution in [3.05, 3.63) is 28.8 Å². The van der Waals surface area contributed by atoms with Crippen molar-refractivity contribution in [1.29, 1.82) is 0 Å². The minimum absolute atomic E-state index is 0.241. The minimum atomic E-state index is -3.57. The number of halogens is 1. The van der Waals surface area contributed by atoms with Crippen molar-refractivity contribution >= 4 is 21.6 Å². The molecule has 0 aliphatic carbocycles. The van der Waals surface area contributed by atoms with Crippen LogP contribution in [0.5, 0.6) is 0 Å². The summed E-state index contributed by atoms with van der Waals surface area (Å²) in [5, 5.41) is 3.53. The number of nitrogens with one attached hydrogen (secondary N) is 2. The highest BCUT2D eigenvalue weighted by molar-refractivity contribution is 7.89. The Balaban J connectivity index is 2.24. The van der Waals surface area contributed by atoms with Gasteiger partial charge < -0.3 is 10.1 Å². The quantitative estimate of drug-likeness (QED) is 0.864. The molecule has 0 unspecified atom stereocenters. The molecule has 0 saturated carbocycles. The first kappa shape index (κ1) is 16.7. The summed E-state index contributed by atoms with van der Waals surface area (Å²) in [5.41, 5.74) is 0.305. The number of ether oxygens (including phenoxy) is 1. The maximum atomic E-state index is 12.6. The molecule has 1 fully saturated rings. The third-order valence-corrected chi connectivity index (χ3v) is 5.68. The molecule has 0 bridgehead atoms. The van der Waals surface area contributed by atoms with Gasteiger partial charge in [-0.2, -0.15) is 0 Å². The molecule has 0 atom stereocenters. The van der Waals surface area contributed by atoms with Crippen LogP contribution in [0.25, 0.3) is 0 Å². The molecule has 1 aromatic carbocycles. The van der Waals surface area contributed by atoms with E-state index in [2.05, 4.69) is 10.0 Å². The van der Waals surface area contributed by atoms with Gasteiger partial charge in [0.05, 0.1) is 4.90 Å². The summed E-state index contributed by atoms with van der Waals surface area (Å²) in [6.07, 6.45) is 1.34. The zero-order valence-electron chi connectivity index (χ0n) is 12.3. The summed E-state index contributed by atoms with van der Waals surface area (Å²) in [7, 11) is -1.78. The average molecular weight is 333 g/mol. The van der Waals surface area contributed by atoms with Crippen LogP contribution >= 0.6 is 11.6 Å². The van der Waals surface area contributed by atoms with E-state index in [1.54, 1.807) is 19.2 Å². The average Bonchev–Trinajstić information content (AvgIpc) is 2.41. The first-order valence-corrected chi connectivity index (χ1v) is 8.77. The first-order chi connectivity index (χ1) is 9.86. The van der Waals surface area contributed by atoms with Crippen LogP contribution in [0.1, 0.15) is 25.3 Å². The smallest absolute Gasteiger partial charge is 0.241 e. The highest BCUT2D eigenvalue weighted by atomic mass is 35.5. The zero-order chi connectivity index (χ0) is 15.5. The molecule has 1 aromatic rings. The van der Waals surface area contributed by atoms with Gasteiger partial charge in [-0.3, -0.25) is 0 Å². The SMILES string of the molecule is CNCc1cc(S(=O)(=O)NC2(C)CCOCC2)ccc1Cl. The number of benzene rings is 1. The highest BCUT2D eigenvalue weighted by Gasteiger charge is 2.32. The second kappa shape index (κ2) is 6.62. The monoisotopic (exact) mass is 332 g/mol. The lowest BCUT2D eigenvalue weighted by Crippen LogP contribution is -2.49. The van der Waals surface area contributed by atoms with E-state index < -0.39 is 15.6 Å². The van der Waals surface area contributed by atoms with E-state index in [1.807, 2.05) is 6.92 Å². The van der Waals surface area contributed by atoms with Crippen molar-refractivity contribution in [3.63, 3.8) is 0 Å². The molecular weight excluding hydrogens is 312 g/mol. The van der Waals surface area contributed by atoms with Crippen molar-refractivity contribution in [2.45, 2.75) is 36.7 Å². The van der Waals surface area contributed by atoms with E-state index in [-0.39, 0.29) is 4.90 Å². The number of sulfonamides is 1. The predicted octanol–water partition coefficient (Wildman–Crippen LogP) is 1.91. The summed E-state index contributed by atoms with van der Waals surface area (Å²) in [4.78, 5) is 0.241. The van der Waals surface area contributed by atoms with Gasteiger partial charge in [0.1, 0.15) is 0 Å². The fourth-order valence-corrected chi connectivity index (χ4v) is 4.05. The lowest BCUT2D eigenvalue weighted by Gasteiger charge is -2.34. The van der Waals surface area contributed by atoms with Crippen LogP contribution in [0.15, 0.2) is 23.1 Å². The van der Waals surface area contributed by atoms with Crippen molar-refractivity contribution in [1.82, 2.24) is 10.0 Å². The Morgan fingerprint density at radius 2 is 2.00 bits per heavy atom. The van der Waals surface area contributed by atoms with Crippen molar-refractivity contribution in [2.75, 3.05) is 20.3 Å². The lowest BCUT2D eigenvalue weighted by atomic mass is 9.94. The van der Waals surface area contributed by atoms with Gasteiger partial charge in [-0.05, 0) is 50.6 Å². The lowest BCUT2D eigenvalue weighted by molar-refractivity contribution is 0.0537. The molecule has 1 heterocycles. The summed E-state index contributed by atoms with van der Waals surface area (Å²) in [5.74, 6) is 0. The second-order valence-electron chi connectivity index (χ2n) is 5.56. The summed E-state index contributed by atoms with van der Waals surface area (Å²) < 4.78 is 33.2. The fourth-order valence-electron chi connectivity index (χ4n) is 2.35. The summed E-state index contributed by atoms with van der Waals surface area (Å²) >= 11 is 6.07. The Bertz CT molecular complexity index is 598. The van der Waals surface area contributed by atoms with Crippen LogP contribution in [0.2, 0.25) is 5.02 Å². The van der Waals surface area contributed by atoms with Crippen LogP contribution in [0.3, 0.4) is 0 Å². The molecule has 1 saturated heterocycles. The molecule has 0 aromatic heterocycles. The van der Waals surface area contributed by atoms with Gasteiger partial charge >= 0.3 is 0 Å². The molecule has 1 aliphatic rings. The molecule has 118 valence electrons. The molecule has 0 spiro atoms. The van der Waals surface area contributed by atoms with Crippen LogP contribution in [0.4, 0.5) is 0 Å². The Morgan fingerprint density at radius 3 is 2.62 bits per heavy atom. The maximum Gasteiger partial charge on any atom is 0.241 e. The highest BCUT2D eigenvalue weighted by Crippen LogP contribution is 2.25. The minimum Gasteiger partial charge on any atom is -0.381 e. The Morgan fingerprint density at radius 1 is 1.33 bits per heavy atom. The van der Waals surface area contributed by atoms with Crippen molar-refractivity contribution in [2.24, 2.45) is 0 Å². The molecular formula is C14H21ClN2O3S. The van der Waals surface area contributed by atoms with Crippen LogP contribution in [0, 0.1) is 0 Å². The Labute approximate surface area is 131 Å². The second-order valence-corrected chi connectivity index (χ2v) is 7.65. The largest absolute Gasteiger partial charge is 0.381 e. The molecule has 21 heavy (non-hydrogen) atoms. The van der Waals surface area contributed by atoms with E-state index in [1.165, 1.54) is 6.07 Å². The van der Waals surface area contributed by atoms with Gasteiger partial charge in [0.25, 0.3) is 0 Å². The summed E-state index contributed by atoms with van der Waals surface area (Å²) in [6, 6.07) is 4.77. The molecule has 7 heteroatoms. The number of rotatable bonds is 5. The third kappa shape index (κ3) is 4.17. The Kier molecular flexibility index (Phi) is 5.27. The number of hydrogen-bond donors (Lipinski definition) is 2.